The molecule has 0 unspecified atom stereocenters. The lowest BCUT2D eigenvalue weighted by Crippen LogP contribution is -2.02. The van der Waals surface area contributed by atoms with Gasteiger partial charge in [0, 0.05) is 43.1 Å². The Labute approximate surface area is 319 Å². The van der Waals surface area contributed by atoms with Gasteiger partial charge in [0.1, 0.15) is 0 Å². The van der Waals surface area contributed by atoms with Gasteiger partial charge in [0.2, 0.25) is 0 Å². The van der Waals surface area contributed by atoms with Gasteiger partial charge in [-0.15, -0.1) is 11.3 Å². The normalized spacial score (nSPS) is 12.7. The lowest BCUT2D eigenvalue weighted by atomic mass is 9.97. The van der Waals surface area contributed by atoms with Gasteiger partial charge in [0.25, 0.3) is 0 Å². The van der Waals surface area contributed by atoms with Gasteiger partial charge in [-0.2, -0.15) is 5.26 Å². The van der Waals surface area contributed by atoms with Crippen molar-refractivity contribution in [1.82, 2.24) is 4.57 Å². The molecule has 0 atom stereocenters. The molecule has 5 heteroatoms. The van der Waals surface area contributed by atoms with Crippen molar-refractivity contribution in [1.29, 1.82) is 10.7 Å². The fourth-order valence-corrected chi connectivity index (χ4v) is 7.98. The molecule has 0 saturated carbocycles. The predicted molar refractivity (Wildman–Crippen MR) is 229 cm³/mol. The molecule has 2 aromatic heterocycles. The number of hydrogen-bond donors (Lipinski definition) is 2. The van der Waals surface area contributed by atoms with E-state index in [0.29, 0.717) is 17.0 Å². The molecule has 0 spiro atoms. The van der Waals surface area contributed by atoms with Crippen molar-refractivity contribution in [3.05, 3.63) is 198 Å². The van der Waals surface area contributed by atoms with Crippen molar-refractivity contribution < 1.29 is 0 Å². The third-order valence-electron chi connectivity index (χ3n) is 9.87. The minimum Gasteiger partial charge on any atom is -0.398 e. The quantitative estimate of drug-likeness (QED) is 0.168. The molecule has 2 heterocycles. The minimum atomic E-state index is 0.379. The summed E-state index contributed by atoms with van der Waals surface area (Å²) in [6, 6.07) is 50.0. The Morgan fingerprint density at radius 2 is 1.44 bits per heavy atom. The second kappa shape index (κ2) is 15.1. The number of rotatable bonds is 6. The van der Waals surface area contributed by atoms with Gasteiger partial charge in [-0.25, -0.2) is 0 Å². The molecule has 0 saturated heterocycles. The Morgan fingerprint density at radius 3 is 2.15 bits per heavy atom. The topological polar surface area (TPSA) is 78.6 Å². The Hall–Kier alpha value is -6.74. The third kappa shape index (κ3) is 7.16. The standard InChI is InChI=1S/C42H30N4S.C7H8/c43-26-27-6-17-40-34(22-27)20-21-46(40)35-16-19-42-37(24-35)36-23-33(15-18-41(36)47-42)30-9-13-32(14-10-30)39(45)25-38(44)31-11-7-29(8-12-31)28-4-2-1-3-5-28;1-7-5-3-2-4-6-7/h2,4-25,45H,1,3,44H2;2-6H,1H3/b38-25-,45-39?;. The molecule has 0 aliphatic heterocycles. The second-order valence-electron chi connectivity index (χ2n) is 13.5. The van der Waals surface area contributed by atoms with Crippen LogP contribution in [0.25, 0.3) is 59.2 Å². The Morgan fingerprint density at radius 1 is 0.741 bits per heavy atom. The maximum Gasteiger partial charge on any atom is 0.0991 e. The highest BCUT2D eigenvalue weighted by Gasteiger charge is 2.11. The molecule has 1 aliphatic rings. The van der Waals surface area contributed by atoms with Crippen LogP contribution in [0.2, 0.25) is 0 Å². The molecule has 4 nitrogen and oxygen atoms in total. The maximum absolute atomic E-state index is 9.29. The summed E-state index contributed by atoms with van der Waals surface area (Å²) in [4.78, 5) is 0. The van der Waals surface area contributed by atoms with Gasteiger partial charge in [0.15, 0.2) is 0 Å². The molecule has 0 radical (unpaired) electrons. The predicted octanol–water partition coefficient (Wildman–Crippen LogP) is 12.6. The van der Waals surface area contributed by atoms with Gasteiger partial charge < -0.3 is 15.7 Å². The SMILES string of the molecule is Cc1ccccc1.N#Cc1ccc2c(ccn2-c2ccc3sc4ccc(-c5ccc(C(=N)/C=C(\N)c6ccc(C7=CCCC=C7)cc6)cc5)cc4c3c2)c1. The number of aromatic nitrogens is 1. The lowest BCUT2D eigenvalue weighted by molar-refractivity contribution is 1.04. The summed E-state index contributed by atoms with van der Waals surface area (Å²) in [5.41, 5.74) is 17.9. The summed E-state index contributed by atoms with van der Waals surface area (Å²) < 4.78 is 4.67. The van der Waals surface area contributed by atoms with E-state index in [2.05, 4.69) is 121 Å². The van der Waals surface area contributed by atoms with E-state index in [0.717, 1.165) is 51.7 Å². The molecule has 6 aromatic carbocycles. The Bertz CT molecular complexity index is 2790. The molecule has 8 aromatic rings. The van der Waals surface area contributed by atoms with Crippen molar-refractivity contribution in [2.75, 3.05) is 0 Å². The molecule has 260 valence electrons. The maximum atomic E-state index is 9.29. The summed E-state index contributed by atoms with van der Waals surface area (Å²) in [7, 11) is 0. The van der Waals surface area contributed by atoms with Crippen molar-refractivity contribution >= 4 is 59.4 Å². The Kier molecular flexibility index (Phi) is 9.60. The van der Waals surface area contributed by atoms with Gasteiger partial charge in [0.05, 0.1) is 22.9 Å². The van der Waals surface area contributed by atoms with Gasteiger partial charge in [-0.3, -0.25) is 0 Å². The minimum absolute atomic E-state index is 0.379. The van der Waals surface area contributed by atoms with Crippen LogP contribution in [-0.4, -0.2) is 10.3 Å². The number of hydrogen-bond acceptors (Lipinski definition) is 4. The van der Waals surface area contributed by atoms with Crippen LogP contribution in [0.1, 0.15) is 40.7 Å². The average Bonchev–Trinajstić information content (AvgIpc) is 3.82. The van der Waals surface area contributed by atoms with E-state index >= 15 is 0 Å². The first-order valence-electron chi connectivity index (χ1n) is 18.1. The zero-order valence-electron chi connectivity index (χ0n) is 30.0. The summed E-state index contributed by atoms with van der Waals surface area (Å²) in [6.45, 7) is 2.08. The molecule has 0 bridgehead atoms. The number of benzene rings is 6. The van der Waals surface area contributed by atoms with E-state index in [1.54, 1.807) is 17.4 Å². The van der Waals surface area contributed by atoms with E-state index in [4.69, 9.17) is 11.1 Å². The molecule has 1 aliphatic carbocycles. The first-order valence-corrected chi connectivity index (χ1v) is 18.9. The van der Waals surface area contributed by atoms with Gasteiger partial charge in [-0.1, -0.05) is 109 Å². The number of fused-ring (bicyclic) bond motifs is 4. The lowest BCUT2D eigenvalue weighted by Gasteiger charge is -2.09. The van der Waals surface area contributed by atoms with E-state index in [-0.39, 0.29) is 0 Å². The zero-order valence-corrected chi connectivity index (χ0v) is 30.8. The zero-order chi connectivity index (χ0) is 37.0. The summed E-state index contributed by atoms with van der Waals surface area (Å²) in [5.74, 6) is 0. The smallest absolute Gasteiger partial charge is 0.0991 e. The molecule has 0 amide bonds. The Balaban J connectivity index is 0.000000533. The van der Waals surface area contributed by atoms with Crippen molar-refractivity contribution in [3.63, 3.8) is 0 Å². The van der Waals surface area contributed by atoms with E-state index in [1.165, 1.54) is 36.9 Å². The first-order chi connectivity index (χ1) is 26.4. The number of nitrogens with two attached hydrogens (primary N) is 1. The van der Waals surface area contributed by atoms with E-state index in [9.17, 15) is 5.26 Å². The molecule has 3 N–H and O–H groups in total. The highest BCUT2D eigenvalue weighted by atomic mass is 32.1. The van der Waals surface area contributed by atoms with Crippen LogP contribution in [0.15, 0.2) is 170 Å². The van der Waals surface area contributed by atoms with Crippen molar-refractivity contribution in [2.24, 2.45) is 5.73 Å². The molecule has 9 rings (SSSR count). The van der Waals surface area contributed by atoms with Crippen LogP contribution in [0.3, 0.4) is 0 Å². The van der Waals surface area contributed by atoms with Gasteiger partial charge in [-0.05, 0) is 114 Å². The number of thiophene rings is 1. The second-order valence-corrected chi connectivity index (χ2v) is 14.6. The number of nitriles is 1. The molecular weight excluding hydrogens is 677 g/mol. The largest absolute Gasteiger partial charge is 0.398 e. The number of aryl methyl sites for hydroxylation is 1. The fraction of sp³-hybridized carbons (Fsp3) is 0.0612. The third-order valence-corrected chi connectivity index (χ3v) is 11.0. The number of allylic oxidation sites excluding steroid dienone is 5. The number of nitrogens with zero attached hydrogens (tertiary/aromatic N) is 2. The van der Waals surface area contributed by atoms with Gasteiger partial charge >= 0.3 is 0 Å². The van der Waals surface area contributed by atoms with Crippen LogP contribution in [0.5, 0.6) is 0 Å². The summed E-state index contributed by atoms with van der Waals surface area (Å²) in [6.07, 6.45) is 12.6. The fourth-order valence-electron chi connectivity index (χ4n) is 6.91. The van der Waals surface area contributed by atoms with Crippen LogP contribution in [-0.2, 0) is 0 Å². The average molecular weight is 715 g/mol. The van der Waals surface area contributed by atoms with Crippen molar-refractivity contribution in [2.45, 2.75) is 19.8 Å². The highest BCUT2D eigenvalue weighted by molar-refractivity contribution is 7.25. The van der Waals surface area contributed by atoms with E-state index in [1.807, 2.05) is 60.7 Å². The van der Waals surface area contributed by atoms with E-state index < -0.39 is 0 Å². The molecule has 54 heavy (non-hydrogen) atoms. The summed E-state index contributed by atoms with van der Waals surface area (Å²) in [5, 5.41) is 21.5. The van der Waals surface area contributed by atoms with Crippen molar-refractivity contribution in [3.8, 4) is 22.9 Å². The van der Waals surface area contributed by atoms with Crippen LogP contribution >= 0.6 is 11.3 Å². The monoisotopic (exact) mass is 714 g/mol. The summed E-state index contributed by atoms with van der Waals surface area (Å²) >= 11 is 1.80. The molecular formula is C49H38N4S. The van der Waals surface area contributed by atoms with Crippen LogP contribution in [0, 0.1) is 23.7 Å². The highest BCUT2D eigenvalue weighted by Crippen LogP contribution is 2.38. The van der Waals surface area contributed by atoms with Crippen LogP contribution in [0.4, 0.5) is 0 Å². The molecule has 0 fully saturated rings. The number of nitrogens with one attached hydrogen (secondary N) is 1. The first kappa shape index (κ1) is 34.4. The van der Waals surface area contributed by atoms with Crippen LogP contribution < -0.4 is 5.73 Å².